The molecule has 2 aromatic heterocycles. The fourth-order valence-corrected chi connectivity index (χ4v) is 3.37. The number of nitro groups is 1. The predicted octanol–water partition coefficient (Wildman–Crippen LogP) is 4.27. The van der Waals surface area contributed by atoms with E-state index in [0.717, 1.165) is 11.3 Å². The lowest BCUT2D eigenvalue weighted by molar-refractivity contribution is -0.384. The number of benzene rings is 2. The molecule has 0 saturated heterocycles. The summed E-state index contributed by atoms with van der Waals surface area (Å²) in [6.07, 6.45) is 0. The normalized spacial score (nSPS) is 10.9. The summed E-state index contributed by atoms with van der Waals surface area (Å²) in [6, 6.07) is 13.4. The van der Waals surface area contributed by atoms with Crippen molar-refractivity contribution in [3.05, 3.63) is 74.6 Å². The van der Waals surface area contributed by atoms with Gasteiger partial charge in [0.1, 0.15) is 5.58 Å². The molecule has 0 fully saturated rings. The summed E-state index contributed by atoms with van der Waals surface area (Å²) in [5, 5.41) is 23.5. The lowest BCUT2D eigenvalue weighted by Crippen LogP contribution is -2.02. The second-order valence-corrected chi connectivity index (χ2v) is 6.81. The Morgan fingerprint density at radius 2 is 2.00 bits per heavy atom. The van der Waals surface area contributed by atoms with Gasteiger partial charge in [0.25, 0.3) is 5.69 Å². The van der Waals surface area contributed by atoms with Crippen molar-refractivity contribution in [3.63, 3.8) is 0 Å². The highest BCUT2D eigenvalue weighted by Gasteiger charge is 2.15. The van der Waals surface area contributed by atoms with Crippen LogP contribution in [0.5, 0.6) is 0 Å². The molecule has 2 aromatic carbocycles. The van der Waals surface area contributed by atoms with Gasteiger partial charge in [-0.2, -0.15) is 0 Å². The van der Waals surface area contributed by atoms with Crippen LogP contribution in [-0.2, 0) is 0 Å². The van der Waals surface area contributed by atoms with Gasteiger partial charge in [0.2, 0.25) is 5.13 Å². The first-order valence-corrected chi connectivity index (χ1v) is 8.71. The first-order chi connectivity index (χ1) is 13.0. The largest absolute Gasteiger partial charge is 0.422 e. The van der Waals surface area contributed by atoms with Crippen LogP contribution in [0.15, 0.2) is 57.7 Å². The Morgan fingerprint density at radius 3 is 2.78 bits per heavy atom. The quantitative estimate of drug-likeness (QED) is 0.320. The lowest BCUT2D eigenvalue weighted by Gasteiger charge is -2.02. The molecule has 0 bridgehead atoms. The Morgan fingerprint density at radius 1 is 1.15 bits per heavy atom. The van der Waals surface area contributed by atoms with E-state index in [2.05, 4.69) is 15.5 Å². The van der Waals surface area contributed by atoms with E-state index < -0.39 is 10.5 Å². The van der Waals surface area contributed by atoms with E-state index >= 15 is 0 Å². The highest BCUT2D eigenvalue weighted by molar-refractivity contribution is 7.18. The summed E-state index contributed by atoms with van der Waals surface area (Å²) >= 11 is 1.19. The minimum atomic E-state index is -0.574. The van der Waals surface area contributed by atoms with E-state index in [1.165, 1.54) is 35.6 Å². The number of rotatable bonds is 4. The molecule has 27 heavy (non-hydrogen) atoms. The molecule has 4 aromatic rings. The van der Waals surface area contributed by atoms with Gasteiger partial charge in [-0.1, -0.05) is 23.5 Å². The summed E-state index contributed by atoms with van der Waals surface area (Å²) in [7, 11) is 0. The molecule has 8 nitrogen and oxygen atoms in total. The monoisotopic (exact) mass is 380 g/mol. The summed E-state index contributed by atoms with van der Waals surface area (Å²) < 4.78 is 5.27. The summed E-state index contributed by atoms with van der Waals surface area (Å²) in [5.74, 6) is 0. The van der Waals surface area contributed by atoms with Crippen LogP contribution in [0, 0.1) is 17.0 Å². The molecule has 0 unspecified atom stereocenters. The van der Waals surface area contributed by atoms with Crippen LogP contribution in [0.1, 0.15) is 5.56 Å². The van der Waals surface area contributed by atoms with E-state index in [4.69, 9.17) is 4.42 Å². The second-order valence-electron chi connectivity index (χ2n) is 5.83. The first-order valence-electron chi connectivity index (χ1n) is 7.89. The van der Waals surface area contributed by atoms with Crippen LogP contribution >= 0.6 is 11.3 Å². The topological polar surface area (TPSA) is 111 Å². The third kappa shape index (κ3) is 3.40. The van der Waals surface area contributed by atoms with Gasteiger partial charge in [0.15, 0.2) is 5.01 Å². The molecule has 1 N–H and O–H groups in total. The molecule has 0 spiro atoms. The SMILES string of the molecule is Cc1cccc(Nc2nnc(-c3cc4cc([N+](=O)[O-])ccc4oc3=O)s2)c1. The number of nitro benzene ring substituents is 1. The lowest BCUT2D eigenvalue weighted by atomic mass is 10.2. The van der Waals surface area contributed by atoms with Crippen LogP contribution in [0.3, 0.4) is 0 Å². The van der Waals surface area contributed by atoms with Crippen LogP contribution < -0.4 is 10.9 Å². The number of anilines is 2. The van der Waals surface area contributed by atoms with Gasteiger partial charge in [-0.05, 0) is 36.8 Å². The smallest absolute Gasteiger partial charge is 0.346 e. The molecule has 0 saturated carbocycles. The van der Waals surface area contributed by atoms with Crippen LogP contribution in [-0.4, -0.2) is 15.1 Å². The number of nitrogens with one attached hydrogen (secondary N) is 1. The fourth-order valence-electron chi connectivity index (χ4n) is 2.60. The van der Waals surface area contributed by atoms with Crippen molar-refractivity contribution in [2.45, 2.75) is 6.92 Å². The standard InChI is InChI=1S/C18H12N4O4S/c1-10-3-2-4-12(7-10)19-18-21-20-16(27-18)14-9-11-8-13(22(24)25)5-6-15(11)26-17(14)23/h2-9H,1H3,(H,19,21). The maximum Gasteiger partial charge on any atom is 0.346 e. The maximum atomic E-state index is 12.3. The Bertz CT molecular complexity index is 1230. The Labute approximate surface area is 156 Å². The van der Waals surface area contributed by atoms with Crippen molar-refractivity contribution in [1.82, 2.24) is 10.2 Å². The van der Waals surface area contributed by atoms with Gasteiger partial charge in [-0.25, -0.2) is 4.79 Å². The molecule has 0 aliphatic heterocycles. The molecule has 134 valence electrons. The zero-order chi connectivity index (χ0) is 19.0. The molecular formula is C18H12N4O4S. The molecule has 0 amide bonds. The Balaban J connectivity index is 1.71. The van der Waals surface area contributed by atoms with E-state index in [1.54, 1.807) is 0 Å². The molecule has 0 atom stereocenters. The van der Waals surface area contributed by atoms with Gasteiger partial charge in [0.05, 0.1) is 10.5 Å². The molecule has 0 aliphatic rings. The van der Waals surface area contributed by atoms with Crippen LogP contribution in [0.25, 0.3) is 21.5 Å². The van der Waals surface area contributed by atoms with Crippen molar-refractivity contribution in [2.24, 2.45) is 0 Å². The zero-order valence-electron chi connectivity index (χ0n) is 14.0. The maximum absolute atomic E-state index is 12.3. The molecule has 4 rings (SSSR count). The molecule has 2 heterocycles. The van der Waals surface area contributed by atoms with Crippen molar-refractivity contribution >= 4 is 38.8 Å². The van der Waals surface area contributed by atoms with Gasteiger partial charge < -0.3 is 9.73 Å². The zero-order valence-corrected chi connectivity index (χ0v) is 14.8. The van der Waals surface area contributed by atoms with Crippen molar-refractivity contribution in [3.8, 4) is 10.6 Å². The third-order valence-electron chi connectivity index (χ3n) is 3.85. The van der Waals surface area contributed by atoms with Crippen molar-refractivity contribution < 1.29 is 9.34 Å². The van der Waals surface area contributed by atoms with Crippen LogP contribution in [0.2, 0.25) is 0 Å². The van der Waals surface area contributed by atoms with Crippen molar-refractivity contribution in [2.75, 3.05) is 5.32 Å². The molecule has 0 radical (unpaired) electrons. The van der Waals surface area contributed by atoms with E-state index in [9.17, 15) is 14.9 Å². The molecule has 0 aliphatic carbocycles. The number of nitrogens with zero attached hydrogens (tertiary/aromatic N) is 3. The van der Waals surface area contributed by atoms with Gasteiger partial charge in [0, 0.05) is 23.2 Å². The van der Waals surface area contributed by atoms with Crippen LogP contribution in [0.4, 0.5) is 16.5 Å². The molecule has 9 heteroatoms. The van der Waals surface area contributed by atoms with Gasteiger partial charge in [-0.15, -0.1) is 10.2 Å². The predicted molar refractivity (Wildman–Crippen MR) is 103 cm³/mol. The highest BCUT2D eigenvalue weighted by atomic mass is 32.1. The number of non-ortho nitro benzene ring substituents is 1. The number of hydrogen-bond acceptors (Lipinski definition) is 8. The summed E-state index contributed by atoms with van der Waals surface area (Å²) in [5.41, 5.74) is 1.78. The van der Waals surface area contributed by atoms with E-state index in [1.807, 2.05) is 31.2 Å². The summed E-state index contributed by atoms with van der Waals surface area (Å²) in [4.78, 5) is 22.7. The van der Waals surface area contributed by atoms with Gasteiger partial charge in [-0.3, -0.25) is 10.1 Å². The van der Waals surface area contributed by atoms with E-state index in [0.29, 0.717) is 15.5 Å². The highest BCUT2D eigenvalue weighted by Crippen LogP contribution is 2.29. The Hall–Kier alpha value is -3.59. The number of hydrogen-bond donors (Lipinski definition) is 1. The third-order valence-corrected chi connectivity index (χ3v) is 4.72. The minimum absolute atomic E-state index is 0.0821. The number of fused-ring (bicyclic) bond motifs is 1. The molecular weight excluding hydrogens is 368 g/mol. The Kier molecular flexibility index (Phi) is 4.13. The van der Waals surface area contributed by atoms with E-state index in [-0.39, 0.29) is 16.8 Å². The first kappa shape index (κ1) is 16.9. The average Bonchev–Trinajstić information content (AvgIpc) is 3.09. The fraction of sp³-hybridized carbons (Fsp3) is 0.0556. The van der Waals surface area contributed by atoms with Crippen molar-refractivity contribution in [1.29, 1.82) is 0 Å². The number of aromatic nitrogens is 2. The number of aryl methyl sites for hydroxylation is 1. The average molecular weight is 380 g/mol. The minimum Gasteiger partial charge on any atom is -0.422 e. The second kappa shape index (κ2) is 6.61. The summed E-state index contributed by atoms with van der Waals surface area (Å²) in [6.45, 7) is 1.98. The van der Waals surface area contributed by atoms with Gasteiger partial charge >= 0.3 is 5.63 Å².